The maximum absolute atomic E-state index is 13.4. The standard InChI is InChI=1S/C54H102N2O18/c1-5-7-9-11-13-15-17-19-20-22-24-26-28-30-32-40(59)51(67)56-38(45(62)39(58)31-29-27-25-23-21-18-16-14-12-10-8-6-2)34-71-52-49(66)48(65)47(64)43(73-52)36-72-54(53(68)69)33-41(60)44(55-37(3)57)50(74-54)46(63)42(61)35-70-4/h38-50,52,58-66H,5-36H2,1-4H3,(H,55,57)(H,56,67)(H,68,69)/t38?,39?,40?,41-,42+,43+,44+,45?,46+,47+,48-,49+,50+,52+,54+/m0/s1. The van der Waals surface area contributed by atoms with Crippen LogP contribution in [0.4, 0.5) is 0 Å². The van der Waals surface area contributed by atoms with Gasteiger partial charge in [0, 0.05) is 20.5 Å². The molecule has 20 heteroatoms. The van der Waals surface area contributed by atoms with Gasteiger partial charge in [-0.05, 0) is 12.8 Å². The van der Waals surface area contributed by atoms with Crippen LogP contribution in [-0.4, -0.2) is 187 Å². The van der Waals surface area contributed by atoms with E-state index in [1.54, 1.807) is 0 Å². The van der Waals surface area contributed by atoms with E-state index in [4.69, 9.17) is 23.7 Å². The molecule has 2 amide bonds. The van der Waals surface area contributed by atoms with Crippen LogP contribution in [0.3, 0.4) is 0 Å². The molecule has 0 radical (unpaired) electrons. The van der Waals surface area contributed by atoms with Crippen molar-refractivity contribution < 1.29 is 89.1 Å². The Kier molecular flexibility index (Phi) is 36.0. The first-order valence-corrected chi connectivity index (χ1v) is 28.5. The maximum atomic E-state index is 13.4. The number of ether oxygens (including phenoxy) is 5. The topological polar surface area (TPSA) is 324 Å². The smallest absolute Gasteiger partial charge is 0.364 e. The predicted molar refractivity (Wildman–Crippen MR) is 277 cm³/mol. The lowest BCUT2D eigenvalue weighted by Gasteiger charge is -2.47. The molecular weight excluding hydrogens is 965 g/mol. The number of hydrogen-bond donors (Lipinski definition) is 12. The molecule has 2 aliphatic rings. The Morgan fingerprint density at radius 2 is 1.11 bits per heavy atom. The van der Waals surface area contributed by atoms with Crippen LogP contribution in [0.1, 0.15) is 207 Å². The van der Waals surface area contributed by atoms with Gasteiger partial charge in [0.25, 0.3) is 5.79 Å². The summed E-state index contributed by atoms with van der Waals surface area (Å²) in [4.78, 5) is 38.2. The maximum Gasteiger partial charge on any atom is 0.364 e. The van der Waals surface area contributed by atoms with Crippen molar-refractivity contribution in [2.45, 2.75) is 298 Å². The molecule has 74 heavy (non-hydrogen) atoms. The van der Waals surface area contributed by atoms with E-state index >= 15 is 0 Å². The number of carboxylic acid groups (broad SMARTS) is 1. The molecule has 2 heterocycles. The summed E-state index contributed by atoms with van der Waals surface area (Å²) >= 11 is 0. The van der Waals surface area contributed by atoms with Gasteiger partial charge in [-0.25, -0.2) is 4.79 Å². The van der Waals surface area contributed by atoms with Gasteiger partial charge in [0.2, 0.25) is 11.8 Å². The second kappa shape index (κ2) is 39.2. The molecule has 0 aromatic rings. The highest BCUT2D eigenvalue weighted by atomic mass is 16.7. The number of carboxylic acids is 1. The van der Waals surface area contributed by atoms with Crippen molar-refractivity contribution in [1.29, 1.82) is 0 Å². The Morgan fingerprint density at radius 1 is 0.635 bits per heavy atom. The minimum Gasteiger partial charge on any atom is -0.477 e. The van der Waals surface area contributed by atoms with Crippen molar-refractivity contribution in [3.63, 3.8) is 0 Å². The third kappa shape index (κ3) is 25.5. The normalized spacial score (nSPS) is 26.7. The SMILES string of the molecule is CCCCCCCCCCCCCCCCC(O)C(=O)NC(CO[C@@H]1O[C@H](CO[C@]2(C(=O)O)C[C@H](O)[C@@H](NC(C)=O)[C@H]([C@H](O)[C@H](O)COC)O2)[C@@H](O)[C@H](O)[C@H]1O)C(O)C(O)CCCCCCCCCCCCCC. The van der Waals surface area contributed by atoms with E-state index in [9.17, 15) is 65.4 Å². The van der Waals surface area contributed by atoms with E-state index in [2.05, 4.69) is 24.5 Å². The summed E-state index contributed by atoms with van der Waals surface area (Å²) in [6.45, 7) is 3.58. The minimum atomic E-state index is -2.79. The average Bonchev–Trinajstić information content (AvgIpc) is 3.37. The van der Waals surface area contributed by atoms with E-state index < -0.39 is 135 Å². The van der Waals surface area contributed by atoms with E-state index in [0.29, 0.717) is 12.8 Å². The monoisotopic (exact) mass is 1070 g/mol. The highest BCUT2D eigenvalue weighted by Crippen LogP contribution is 2.35. The van der Waals surface area contributed by atoms with Crippen molar-refractivity contribution in [3.8, 4) is 0 Å². The summed E-state index contributed by atoms with van der Waals surface area (Å²) in [5.74, 6) is -6.08. The van der Waals surface area contributed by atoms with Crippen LogP contribution in [-0.2, 0) is 38.1 Å². The zero-order chi connectivity index (χ0) is 54.9. The number of carbonyl (C=O) groups excluding carboxylic acids is 2. The molecule has 15 atom stereocenters. The lowest BCUT2D eigenvalue weighted by molar-refractivity contribution is -0.339. The molecular formula is C54H102N2O18. The third-order valence-corrected chi connectivity index (χ3v) is 14.5. The zero-order valence-corrected chi connectivity index (χ0v) is 45.4. The molecule has 0 aliphatic carbocycles. The number of aliphatic hydroxyl groups excluding tert-OH is 9. The van der Waals surface area contributed by atoms with E-state index in [1.807, 2.05) is 0 Å². The van der Waals surface area contributed by atoms with Gasteiger partial charge in [0.05, 0.1) is 44.1 Å². The lowest BCUT2D eigenvalue weighted by atomic mass is 9.88. The number of carbonyl (C=O) groups is 3. The number of amides is 2. The highest BCUT2D eigenvalue weighted by Gasteiger charge is 2.57. The number of aliphatic hydroxyl groups is 9. The number of methoxy groups -OCH3 is 1. The van der Waals surface area contributed by atoms with Crippen LogP contribution in [0.2, 0.25) is 0 Å². The van der Waals surface area contributed by atoms with Crippen LogP contribution in [0, 0.1) is 0 Å². The van der Waals surface area contributed by atoms with Crippen molar-refractivity contribution in [3.05, 3.63) is 0 Å². The predicted octanol–water partition coefficient (Wildman–Crippen LogP) is 4.16. The Balaban J connectivity index is 2.10. The molecule has 0 bridgehead atoms. The molecule has 2 rings (SSSR count). The Bertz CT molecular complexity index is 1470. The first-order chi connectivity index (χ1) is 35.4. The summed E-state index contributed by atoms with van der Waals surface area (Å²) in [6.07, 6.45) is 8.03. The van der Waals surface area contributed by atoms with Crippen LogP contribution >= 0.6 is 0 Å². The quantitative estimate of drug-likeness (QED) is 0.0381. The molecule has 2 fully saturated rings. The van der Waals surface area contributed by atoms with E-state index in [-0.39, 0.29) is 12.8 Å². The number of aliphatic carboxylic acids is 1. The van der Waals surface area contributed by atoms with Gasteiger partial charge in [0.15, 0.2) is 6.29 Å². The van der Waals surface area contributed by atoms with Crippen LogP contribution in [0.15, 0.2) is 0 Å². The summed E-state index contributed by atoms with van der Waals surface area (Å²) < 4.78 is 27.9. The van der Waals surface area contributed by atoms with Crippen molar-refractivity contribution in [2.75, 3.05) is 26.9 Å². The molecule has 0 aromatic heterocycles. The van der Waals surface area contributed by atoms with Crippen LogP contribution < -0.4 is 10.6 Å². The van der Waals surface area contributed by atoms with Gasteiger partial charge in [0.1, 0.15) is 54.9 Å². The molecule has 0 aromatic carbocycles. The van der Waals surface area contributed by atoms with E-state index in [0.717, 1.165) is 58.3 Å². The van der Waals surface area contributed by atoms with E-state index in [1.165, 1.54) is 110 Å². The van der Waals surface area contributed by atoms with Crippen molar-refractivity contribution in [1.82, 2.24) is 10.6 Å². The van der Waals surface area contributed by atoms with Gasteiger partial charge in [-0.2, -0.15) is 0 Å². The largest absolute Gasteiger partial charge is 0.477 e. The van der Waals surface area contributed by atoms with Gasteiger partial charge < -0.3 is 85.4 Å². The van der Waals surface area contributed by atoms with Crippen LogP contribution in [0.25, 0.3) is 0 Å². The van der Waals surface area contributed by atoms with Crippen molar-refractivity contribution in [2.24, 2.45) is 0 Å². The number of hydrogen-bond acceptors (Lipinski definition) is 17. The highest BCUT2D eigenvalue weighted by molar-refractivity contribution is 5.80. The summed E-state index contributed by atoms with van der Waals surface area (Å²) in [7, 11) is 1.23. The fourth-order valence-corrected chi connectivity index (χ4v) is 9.85. The lowest BCUT2D eigenvalue weighted by Crippen LogP contribution is -2.68. The van der Waals surface area contributed by atoms with Crippen molar-refractivity contribution >= 4 is 17.8 Å². The second-order valence-electron chi connectivity index (χ2n) is 21.1. The van der Waals surface area contributed by atoms with Crippen LogP contribution in [0.5, 0.6) is 0 Å². The first kappa shape index (κ1) is 68.0. The third-order valence-electron chi connectivity index (χ3n) is 14.5. The molecule has 436 valence electrons. The number of rotatable bonds is 44. The van der Waals surface area contributed by atoms with Gasteiger partial charge in [-0.3, -0.25) is 9.59 Å². The fraction of sp³-hybridized carbons (Fsp3) is 0.944. The summed E-state index contributed by atoms with van der Waals surface area (Å²) in [5.41, 5.74) is 0. The number of nitrogens with one attached hydrogen (secondary N) is 2. The Labute approximate surface area is 441 Å². The molecule has 2 aliphatic heterocycles. The Hall–Kier alpha value is -2.15. The molecule has 20 nitrogen and oxygen atoms in total. The number of unbranched alkanes of at least 4 members (excludes halogenated alkanes) is 24. The fourth-order valence-electron chi connectivity index (χ4n) is 9.85. The summed E-state index contributed by atoms with van der Waals surface area (Å²) in [6, 6.07) is -2.79. The zero-order valence-electron chi connectivity index (χ0n) is 45.4. The van der Waals surface area contributed by atoms with Gasteiger partial charge >= 0.3 is 5.97 Å². The molecule has 0 saturated carbocycles. The van der Waals surface area contributed by atoms with Gasteiger partial charge in [-0.15, -0.1) is 0 Å². The summed E-state index contributed by atoms with van der Waals surface area (Å²) in [5, 5.41) is 114. The Morgan fingerprint density at radius 3 is 1.57 bits per heavy atom. The minimum absolute atomic E-state index is 0.158. The second-order valence-corrected chi connectivity index (χ2v) is 21.1. The molecule has 4 unspecified atom stereocenters. The molecule has 0 spiro atoms. The van der Waals surface area contributed by atoms with Gasteiger partial charge in [-0.1, -0.05) is 181 Å². The average molecular weight is 1070 g/mol. The molecule has 12 N–H and O–H groups in total. The first-order valence-electron chi connectivity index (χ1n) is 28.5. The molecule has 2 saturated heterocycles.